The van der Waals surface area contributed by atoms with Crippen LogP contribution in [0.3, 0.4) is 0 Å². The maximum Gasteiger partial charge on any atom is 0.291 e. The van der Waals surface area contributed by atoms with Gasteiger partial charge in [-0.25, -0.2) is 4.68 Å². The van der Waals surface area contributed by atoms with Gasteiger partial charge < -0.3 is 5.32 Å². The Morgan fingerprint density at radius 2 is 2.05 bits per heavy atom. The number of aromatic nitrogens is 3. The zero-order valence-electron chi connectivity index (χ0n) is 11.3. The summed E-state index contributed by atoms with van der Waals surface area (Å²) in [5.74, 6) is -0.173. The van der Waals surface area contributed by atoms with Crippen LogP contribution in [0.25, 0.3) is 0 Å². The Morgan fingerprint density at radius 1 is 1.30 bits per heavy atom. The molecule has 0 saturated carbocycles. The third-order valence-corrected chi connectivity index (χ3v) is 3.26. The standard InChI is InChI=1S/C14H17ClN4O/c1-19-14(15)17-12(18-19)13(20)16-10-6-5-9-11-7-3-2-4-8-11/h2-4,7-8H,5-6,9-10H2,1H3,(H,16,20). The second-order valence-corrected chi connectivity index (χ2v) is 4.86. The molecule has 1 aromatic heterocycles. The molecule has 0 aliphatic rings. The molecule has 1 N–H and O–H groups in total. The average molecular weight is 293 g/mol. The average Bonchev–Trinajstić information content (AvgIpc) is 2.79. The number of carbonyl (C=O) groups is 1. The number of carbonyl (C=O) groups excluding carboxylic acids is 1. The van der Waals surface area contributed by atoms with Crippen molar-refractivity contribution in [2.24, 2.45) is 7.05 Å². The first-order valence-electron chi connectivity index (χ1n) is 6.55. The molecule has 1 amide bonds. The molecule has 0 spiro atoms. The molecule has 0 aliphatic heterocycles. The lowest BCUT2D eigenvalue weighted by Gasteiger charge is -2.03. The number of halogens is 1. The van der Waals surface area contributed by atoms with E-state index >= 15 is 0 Å². The highest BCUT2D eigenvalue weighted by atomic mass is 35.5. The molecular weight excluding hydrogens is 276 g/mol. The molecular formula is C14H17ClN4O. The molecule has 1 heterocycles. The van der Waals surface area contributed by atoms with E-state index in [9.17, 15) is 4.79 Å². The molecule has 0 bridgehead atoms. The first kappa shape index (κ1) is 14.5. The Morgan fingerprint density at radius 3 is 2.70 bits per heavy atom. The lowest BCUT2D eigenvalue weighted by atomic mass is 10.1. The van der Waals surface area contributed by atoms with Crippen molar-refractivity contribution in [2.45, 2.75) is 19.3 Å². The summed E-state index contributed by atoms with van der Waals surface area (Å²) < 4.78 is 1.37. The minimum atomic E-state index is -0.285. The van der Waals surface area contributed by atoms with Gasteiger partial charge in [0.1, 0.15) is 0 Å². The minimum Gasteiger partial charge on any atom is -0.349 e. The molecule has 20 heavy (non-hydrogen) atoms. The third kappa shape index (κ3) is 4.06. The summed E-state index contributed by atoms with van der Waals surface area (Å²) in [6.07, 6.45) is 2.96. The number of unbranched alkanes of at least 4 members (excludes halogenated alkanes) is 1. The first-order chi connectivity index (χ1) is 9.66. The van der Waals surface area contributed by atoms with Crippen LogP contribution in [-0.4, -0.2) is 27.2 Å². The van der Waals surface area contributed by atoms with Crippen LogP contribution in [0.4, 0.5) is 0 Å². The fraction of sp³-hybridized carbons (Fsp3) is 0.357. The predicted molar refractivity (Wildman–Crippen MR) is 77.7 cm³/mol. The fourth-order valence-corrected chi connectivity index (χ4v) is 1.96. The summed E-state index contributed by atoms with van der Waals surface area (Å²) in [5, 5.41) is 6.92. The monoisotopic (exact) mass is 292 g/mol. The molecule has 0 radical (unpaired) electrons. The van der Waals surface area contributed by atoms with E-state index < -0.39 is 0 Å². The van der Waals surface area contributed by atoms with E-state index in [4.69, 9.17) is 11.6 Å². The summed E-state index contributed by atoms with van der Waals surface area (Å²) in [4.78, 5) is 15.6. The molecule has 2 aromatic rings. The fourth-order valence-electron chi connectivity index (χ4n) is 1.84. The van der Waals surface area contributed by atoms with Crippen LogP contribution < -0.4 is 5.32 Å². The molecule has 6 heteroatoms. The van der Waals surface area contributed by atoms with Gasteiger partial charge in [-0.3, -0.25) is 4.79 Å². The Labute approximate surface area is 123 Å². The molecule has 5 nitrogen and oxygen atoms in total. The minimum absolute atomic E-state index is 0.112. The van der Waals surface area contributed by atoms with Gasteiger partial charge in [0.2, 0.25) is 11.1 Å². The largest absolute Gasteiger partial charge is 0.349 e. The molecule has 106 valence electrons. The van der Waals surface area contributed by atoms with Crippen molar-refractivity contribution in [3.63, 3.8) is 0 Å². The third-order valence-electron chi connectivity index (χ3n) is 2.93. The van der Waals surface area contributed by atoms with Crippen molar-refractivity contribution in [1.82, 2.24) is 20.1 Å². The van der Waals surface area contributed by atoms with Crippen LogP contribution in [0.15, 0.2) is 30.3 Å². The Bertz CT molecular complexity index is 548. The summed E-state index contributed by atoms with van der Waals surface area (Å²) in [5.41, 5.74) is 1.32. The molecule has 2 rings (SSSR count). The van der Waals surface area contributed by atoms with Gasteiger partial charge in [-0.1, -0.05) is 30.3 Å². The van der Waals surface area contributed by atoms with Crippen molar-refractivity contribution in [3.05, 3.63) is 47.0 Å². The van der Waals surface area contributed by atoms with Crippen LogP contribution in [-0.2, 0) is 13.5 Å². The predicted octanol–water partition coefficient (Wildman–Crippen LogP) is 2.22. The first-order valence-corrected chi connectivity index (χ1v) is 6.93. The lowest BCUT2D eigenvalue weighted by molar-refractivity contribution is 0.0942. The van der Waals surface area contributed by atoms with Crippen LogP contribution in [0.5, 0.6) is 0 Å². The van der Waals surface area contributed by atoms with Gasteiger partial charge in [-0.2, -0.15) is 4.98 Å². The highest BCUT2D eigenvalue weighted by Gasteiger charge is 2.12. The van der Waals surface area contributed by atoms with Gasteiger partial charge in [0, 0.05) is 13.6 Å². The number of aryl methyl sites for hydroxylation is 2. The number of hydrogen-bond acceptors (Lipinski definition) is 3. The summed E-state index contributed by atoms with van der Waals surface area (Å²) >= 11 is 5.73. The highest BCUT2D eigenvalue weighted by molar-refractivity contribution is 6.28. The quantitative estimate of drug-likeness (QED) is 0.831. The Balaban J connectivity index is 1.67. The van der Waals surface area contributed by atoms with Gasteiger partial charge in [-0.05, 0) is 36.4 Å². The maximum absolute atomic E-state index is 11.7. The van der Waals surface area contributed by atoms with Gasteiger partial charge in [0.15, 0.2) is 0 Å². The number of nitrogens with one attached hydrogen (secondary N) is 1. The van der Waals surface area contributed by atoms with Gasteiger partial charge in [0.25, 0.3) is 5.91 Å². The van der Waals surface area contributed by atoms with Crippen molar-refractivity contribution in [1.29, 1.82) is 0 Å². The van der Waals surface area contributed by atoms with E-state index in [1.165, 1.54) is 10.2 Å². The number of nitrogens with zero attached hydrogens (tertiary/aromatic N) is 3. The summed E-state index contributed by atoms with van der Waals surface area (Å²) in [6.45, 7) is 0.613. The van der Waals surface area contributed by atoms with E-state index in [-0.39, 0.29) is 17.0 Å². The van der Waals surface area contributed by atoms with Crippen molar-refractivity contribution in [2.75, 3.05) is 6.54 Å². The van der Waals surface area contributed by atoms with Crippen LogP contribution >= 0.6 is 11.6 Å². The van der Waals surface area contributed by atoms with Crippen LogP contribution in [0.2, 0.25) is 5.28 Å². The molecule has 0 saturated heterocycles. The number of benzene rings is 1. The van der Waals surface area contributed by atoms with E-state index in [0.717, 1.165) is 19.3 Å². The van der Waals surface area contributed by atoms with Crippen LogP contribution in [0.1, 0.15) is 29.0 Å². The van der Waals surface area contributed by atoms with Gasteiger partial charge in [-0.15, -0.1) is 5.10 Å². The Hall–Kier alpha value is -1.88. The van der Waals surface area contributed by atoms with E-state index in [1.807, 2.05) is 18.2 Å². The van der Waals surface area contributed by atoms with Gasteiger partial charge in [0.05, 0.1) is 0 Å². The van der Waals surface area contributed by atoms with Crippen LogP contribution in [0, 0.1) is 0 Å². The normalized spacial score (nSPS) is 10.5. The molecule has 0 atom stereocenters. The number of rotatable bonds is 6. The summed E-state index contributed by atoms with van der Waals surface area (Å²) in [7, 11) is 1.64. The highest BCUT2D eigenvalue weighted by Crippen LogP contribution is 2.05. The number of amides is 1. The van der Waals surface area contributed by atoms with E-state index in [0.29, 0.717) is 6.54 Å². The molecule has 0 unspecified atom stereocenters. The second-order valence-electron chi connectivity index (χ2n) is 4.53. The van der Waals surface area contributed by atoms with E-state index in [1.54, 1.807) is 7.05 Å². The van der Waals surface area contributed by atoms with Crippen molar-refractivity contribution >= 4 is 17.5 Å². The van der Waals surface area contributed by atoms with Gasteiger partial charge >= 0.3 is 0 Å². The second kappa shape index (κ2) is 7.05. The zero-order valence-corrected chi connectivity index (χ0v) is 12.1. The maximum atomic E-state index is 11.7. The van der Waals surface area contributed by atoms with E-state index in [2.05, 4.69) is 27.5 Å². The molecule has 1 aromatic carbocycles. The summed E-state index contributed by atoms with van der Waals surface area (Å²) in [6, 6.07) is 10.3. The lowest BCUT2D eigenvalue weighted by Crippen LogP contribution is -2.25. The molecule has 0 aliphatic carbocycles. The number of hydrogen-bond donors (Lipinski definition) is 1. The smallest absolute Gasteiger partial charge is 0.291 e. The SMILES string of the molecule is Cn1nc(C(=O)NCCCCc2ccccc2)nc1Cl. The van der Waals surface area contributed by atoms with Crippen molar-refractivity contribution < 1.29 is 4.79 Å². The molecule has 0 fully saturated rings. The zero-order chi connectivity index (χ0) is 14.4. The topological polar surface area (TPSA) is 59.8 Å². The Kier molecular flexibility index (Phi) is 5.12. The van der Waals surface area contributed by atoms with Crippen molar-refractivity contribution in [3.8, 4) is 0 Å².